The standard InChI is InChI=1S/C18H16N6O4/c1-11-6-7-13(9-12(11)2)28-18-15(24(26)27)16(20-10-21-18)22-23-17(25)14-5-3-4-8-19-14/h3-10H,1-2H3,(H,23,25)(H,20,21,22). The van der Waals surface area contributed by atoms with Crippen LogP contribution >= 0.6 is 0 Å². The number of anilines is 1. The molecule has 3 aromatic rings. The van der Waals surface area contributed by atoms with Crippen LogP contribution < -0.4 is 15.6 Å². The summed E-state index contributed by atoms with van der Waals surface area (Å²) < 4.78 is 5.58. The Balaban J connectivity index is 1.84. The van der Waals surface area contributed by atoms with Gasteiger partial charge in [0.2, 0.25) is 5.82 Å². The first kappa shape index (κ1) is 18.7. The van der Waals surface area contributed by atoms with Crippen molar-refractivity contribution in [2.75, 3.05) is 5.43 Å². The van der Waals surface area contributed by atoms with E-state index in [1.807, 2.05) is 19.9 Å². The lowest BCUT2D eigenvalue weighted by molar-refractivity contribution is -0.385. The summed E-state index contributed by atoms with van der Waals surface area (Å²) in [5, 5.41) is 11.5. The number of nitrogens with zero attached hydrogens (tertiary/aromatic N) is 4. The maximum absolute atomic E-state index is 12.1. The Bertz CT molecular complexity index is 1030. The van der Waals surface area contributed by atoms with Gasteiger partial charge in [-0.05, 0) is 49.2 Å². The van der Waals surface area contributed by atoms with E-state index in [2.05, 4.69) is 25.8 Å². The highest BCUT2D eigenvalue weighted by Crippen LogP contribution is 2.34. The third-order valence-corrected chi connectivity index (χ3v) is 3.86. The summed E-state index contributed by atoms with van der Waals surface area (Å²) in [7, 11) is 0. The quantitative estimate of drug-likeness (QED) is 0.493. The normalized spacial score (nSPS) is 10.2. The highest BCUT2D eigenvalue weighted by molar-refractivity contribution is 5.93. The molecule has 2 heterocycles. The van der Waals surface area contributed by atoms with Crippen molar-refractivity contribution in [3.8, 4) is 11.6 Å². The minimum Gasteiger partial charge on any atom is -0.434 e. The fraction of sp³-hybridized carbons (Fsp3) is 0.111. The summed E-state index contributed by atoms with van der Waals surface area (Å²) in [5.41, 5.74) is 6.40. The topological polar surface area (TPSA) is 132 Å². The summed E-state index contributed by atoms with van der Waals surface area (Å²) in [6.45, 7) is 3.84. The van der Waals surface area contributed by atoms with Crippen LogP contribution in [0.1, 0.15) is 21.6 Å². The minimum atomic E-state index is -0.689. The number of aromatic nitrogens is 3. The van der Waals surface area contributed by atoms with Crippen LogP contribution in [0.4, 0.5) is 11.5 Å². The number of hydrazine groups is 1. The molecule has 0 saturated carbocycles. The van der Waals surface area contributed by atoms with E-state index >= 15 is 0 Å². The lowest BCUT2D eigenvalue weighted by atomic mass is 10.1. The fourth-order valence-electron chi connectivity index (χ4n) is 2.26. The van der Waals surface area contributed by atoms with Gasteiger partial charge < -0.3 is 4.74 Å². The molecule has 3 rings (SSSR count). The first-order valence-electron chi connectivity index (χ1n) is 8.17. The number of hydrogen-bond acceptors (Lipinski definition) is 8. The van der Waals surface area contributed by atoms with Crippen LogP contribution in [-0.4, -0.2) is 25.8 Å². The number of hydrogen-bond donors (Lipinski definition) is 2. The number of benzene rings is 1. The van der Waals surface area contributed by atoms with Crippen LogP contribution in [0.15, 0.2) is 48.9 Å². The van der Waals surface area contributed by atoms with Crippen LogP contribution in [0.5, 0.6) is 11.6 Å². The van der Waals surface area contributed by atoms with Gasteiger partial charge >= 0.3 is 11.6 Å². The summed E-state index contributed by atoms with van der Waals surface area (Å²) in [5.74, 6) is -0.653. The molecule has 0 spiro atoms. The van der Waals surface area contributed by atoms with E-state index in [4.69, 9.17) is 4.74 Å². The first-order chi connectivity index (χ1) is 13.5. The number of amides is 1. The molecule has 1 aromatic carbocycles. The summed E-state index contributed by atoms with van der Waals surface area (Å²) >= 11 is 0. The highest BCUT2D eigenvalue weighted by atomic mass is 16.6. The van der Waals surface area contributed by atoms with Crippen molar-refractivity contribution in [2.45, 2.75) is 13.8 Å². The lowest BCUT2D eigenvalue weighted by Gasteiger charge is -2.10. The predicted molar refractivity (Wildman–Crippen MR) is 100 cm³/mol. The van der Waals surface area contributed by atoms with Crippen LogP contribution in [0.25, 0.3) is 0 Å². The van der Waals surface area contributed by atoms with Gasteiger partial charge in [0.15, 0.2) is 0 Å². The number of carbonyl (C=O) groups excluding carboxylic acids is 1. The molecule has 0 saturated heterocycles. The minimum absolute atomic E-state index is 0.137. The smallest absolute Gasteiger partial charge is 0.374 e. The van der Waals surface area contributed by atoms with E-state index in [9.17, 15) is 14.9 Å². The Hall–Kier alpha value is -4.08. The zero-order valence-corrected chi connectivity index (χ0v) is 15.0. The van der Waals surface area contributed by atoms with E-state index in [1.54, 1.807) is 24.3 Å². The molecule has 0 aliphatic heterocycles. The average Bonchev–Trinajstić information content (AvgIpc) is 2.69. The molecule has 142 valence electrons. The van der Waals surface area contributed by atoms with Crippen molar-refractivity contribution in [3.05, 3.63) is 75.9 Å². The van der Waals surface area contributed by atoms with Crippen molar-refractivity contribution in [1.82, 2.24) is 20.4 Å². The Morgan fingerprint density at radius 2 is 1.93 bits per heavy atom. The van der Waals surface area contributed by atoms with Crippen molar-refractivity contribution >= 4 is 17.4 Å². The molecular formula is C18H16N6O4. The summed E-state index contributed by atoms with van der Waals surface area (Å²) in [4.78, 5) is 34.5. The Morgan fingerprint density at radius 3 is 2.61 bits per heavy atom. The maximum atomic E-state index is 12.1. The van der Waals surface area contributed by atoms with Crippen molar-refractivity contribution < 1.29 is 14.5 Å². The van der Waals surface area contributed by atoms with E-state index in [-0.39, 0.29) is 17.4 Å². The lowest BCUT2D eigenvalue weighted by Crippen LogP contribution is -2.30. The monoisotopic (exact) mass is 380 g/mol. The number of nitro groups is 1. The average molecular weight is 380 g/mol. The number of pyridine rings is 1. The van der Waals surface area contributed by atoms with Crippen LogP contribution in [0.3, 0.4) is 0 Å². The molecule has 10 nitrogen and oxygen atoms in total. The SMILES string of the molecule is Cc1ccc(Oc2ncnc(NNC(=O)c3ccccn3)c2[N+](=O)[O-])cc1C. The van der Waals surface area contributed by atoms with Gasteiger partial charge in [0, 0.05) is 6.20 Å². The summed E-state index contributed by atoms with van der Waals surface area (Å²) in [6.07, 6.45) is 2.55. The molecule has 0 unspecified atom stereocenters. The number of nitrogens with one attached hydrogen (secondary N) is 2. The molecule has 10 heteroatoms. The van der Waals surface area contributed by atoms with Gasteiger partial charge in [0.1, 0.15) is 17.8 Å². The fourth-order valence-corrected chi connectivity index (χ4v) is 2.26. The Kier molecular flexibility index (Phi) is 5.40. The molecule has 0 radical (unpaired) electrons. The van der Waals surface area contributed by atoms with Crippen LogP contribution in [-0.2, 0) is 0 Å². The van der Waals surface area contributed by atoms with Gasteiger partial charge in [0.25, 0.3) is 5.91 Å². The van der Waals surface area contributed by atoms with Gasteiger partial charge in [-0.3, -0.25) is 30.7 Å². The molecule has 0 bridgehead atoms. The number of rotatable bonds is 6. The van der Waals surface area contributed by atoms with Crippen molar-refractivity contribution in [2.24, 2.45) is 0 Å². The molecule has 0 atom stereocenters. The molecule has 0 aliphatic carbocycles. The maximum Gasteiger partial charge on any atom is 0.374 e. The number of aryl methyl sites for hydroxylation is 2. The van der Waals surface area contributed by atoms with Crippen LogP contribution in [0.2, 0.25) is 0 Å². The second-order valence-corrected chi connectivity index (χ2v) is 5.78. The Labute approximate surface area is 159 Å². The van der Waals surface area contributed by atoms with Crippen molar-refractivity contribution in [1.29, 1.82) is 0 Å². The van der Waals surface area contributed by atoms with Gasteiger partial charge in [-0.1, -0.05) is 12.1 Å². The van der Waals surface area contributed by atoms with E-state index in [0.717, 1.165) is 17.5 Å². The molecule has 2 aromatic heterocycles. The van der Waals surface area contributed by atoms with E-state index < -0.39 is 16.5 Å². The molecule has 0 fully saturated rings. The van der Waals surface area contributed by atoms with Crippen molar-refractivity contribution in [3.63, 3.8) is 0 Å². The van der Waals surface area contributed by atoms with Gasteiger partial charge in [-0.2, -0.15) is 4.98 Å². The largest absolute Gasteiger partial charge is 0.434 e. The molecule has 2 N–H and O–H groups in total. The van der Waals surface area contributed by atoms with Gasteiger partial charge in [-0.25, -0.2) is 4.98 Å². The summed E-state index contributed by atoms with van der Waals surface area (Å²) in [6, 6.07) is 10.1. The first-order valence-corrected chi connectivity index (χ1v) is 8.17. The van der Waals surface area contributed by atoms with Gasteiger partial charge in [0.05, 0.1) is 4.92 Å². The molecule has 0 aliphatic rings. The molecule has 28 heavy (non-hydrogen) atoms. The molecular weight excluding hydrogens is 364 g/mol. The van der Waals surface area contributed by atoms with E-state index in [0.29, 0.717) is 5.75 Å². The third kappa shape index (κ3) is 4.18. The molecule has 1 amide bonds. The van der Waals surface area contributed by atoms with Gasteiger partial charge in [-0.15, -0.1) is 0 Å². The number of ether oxygens (including phenoxy) is 1. The second-order valence-electron chi connectivity index (χ2n) is 5.78. The van der Waals surface area contributed by atoms with Crippen LogP contribution in [0, 0.1) is 24.0 Å². The Morgan fingerprint density at radius 1 is 1.11 bits per heavy atom. The zero-order chi connectivity index (χ0) is 20.1. The second kappa shape index (κ2) is 8.08. The number of carbonyl (C=O) groups is 1. The predicted octanol–water partition coefficient (Wildman–Crippen LogP) is 2.95. The highest BCUT2D eigenvalue weighted by Gasteiger charge is 2.25. The van der Waals surface area contributed by atoms with E-state index in [1.165, 1.54) is 12.3 Å². The zero-order valence-electron chi connectivity index (χ0n) is 15.0. The third-order valence-electron chi connectivity index (χ3n) is 3.86.